The van der Waals surface area contributed by atoms with Gasteiger partial charge in [0.25, 0.3) is 0 Å². The van der Waals surface area contributed by atoms with E-state index in [1.807, 2.05) is 17.1 Å². The Kier molecular flexibility index (Phi) is 2.49. The van der Waals surface area contributed by atoms with Crippen LogP contribution in [0.1, 0.15) is 26.3 Å². The van der Waals surface area contributed by atoms with Crippen LogP contribution in [0.3, 0.4) is 0 Å². The topological polar surface area (TPSA) is 17.8 Å². The number of nitrogens with zero attached hydrogens (tertiary/aromatic N) is 2. The van der Waals surface area contributed by atoms with Crippen LogP contribution in [0.2, 0.25) is 0 Å². The van der Waals surface area contributed by atoms with Gasteiger partial charge in [0.1, 0.15) is 0 Å². The standard InChI is InChI=1S/C7H11BrN2/c1-3-6(2)10-5-7(8)4-9-10/h4-6H,3H2,1-2H3/t6-/m0/s1. The quantitative estimate of drug-likeness (QED) is 0.722. The number of halogens is 1. The van der Waals surface area contributed by atoms with Gasteiger partial charge in [-0.2, -0.15) is 5.10 Å². The third kappa shape index (κ3) is 1.59. The minimum Gasteiger partial charge on any atom is -0.269 e. The predicted octanol–water partition coefficient (Wildman–Crippen LogP) is 2.62. The third-order valence-corrected chi connectivity index (χ3v) is 2.02. The average molecular weight is 203 g/mol. The lowest BCUT2D eigenvalue weighted by molar-refractivity contribution is 0.478. The second-order valence-electron chi connectivity index (χ2n) is 2.40. The summed E-state index contributed by atoms with van der Waals surface area (Å²) in [5.74, 6) is 0. The monoisotopic (exact) mass is 202 g/mol. The van der Waals surface area contributed by atoms with Crippen LogP contribution in [-0.2, 0) is 0 Å². The predicted molar refractivity (Wildman–Crippen MR) is 44.9 cm³/mol. The molecule has 1 aromatic heterocycles. The molecular weight excluding hydrogens is 192 g/mol. The molecule has 0 radical (unpaired) electrons. The Balaban J connectivity index is 2.74. The summed E-state index contributed by atoms with van der Waals surface area (Å²) in [6.45, 7) is 4.31. The summed E-state index contributed by atoms with van der Waals surface area (Å²) in [7, 11) is 0. The zero-order chi connectivity index (χ0) is 7.56. The molecule has 0 N–H and O–H groups in total. The van der Waals surface area contributed by atoms with E-state index >= 15 is 0 Å². The van der Waals surface area contributed by atoms with Crippen molar-refractivity contribution in [3.8, 4) is 0 Å². The van der Waals surface area contributed by atoms with Crippen molar-refractivity contribution < 1.29 is 0 Å². The van der Waals surface area contributed by atoms with Gasteiger partial charge in [-0.3, -0.25) is 4.68 Å². The van der Waals surface area contributed by atoms with Crippen LogP contribution in [0.5, 0.6) is 0 Å². The maximum Gasteiger partial charge on any atom is 0.0632 e. The molecule has 10 heavy (non-hydrogen) atoms. The Morgan fingerprint density at radius 2 is 2.50 bits per heavy atom. The van der Waals surface area contributed by atoms with E-state index in [0.717, 1.165) is 10.9 Å². The van der Waals surface area contributed by atoms with Crippen LogP contribution < -0.4 is 0 Å². The molecule has 3 heteroatoms. The zero-order valence-corrected chi connectivity index (χ0v) is 7.80. The highest BCUT2D eigenvalue weighted by Gasteiger charge is 2.01. The van der Waals surface area contributed by atoms with Gasteiger partial charge >= 0.3 is 0 Å². The molecule has 0 bridgehead atoms. The molecule has 0 spiro atoms. The van der Waals surface area contributed by atoms with Gasteiger partial charge in [0, 0.05) is 12.2 Å². The molecule has 0 amide bonds. The summed E-state index contributed by atoms with van der Waals surface area (Å²) in [5.41, 5.74) is 0. The number of hydrogen-bond donors (Lipinski definition) is 0. The third-order valence-electron chi connectivity index (χ3n) is 1.61. The van der Waals surface area contributed by atoms with Gasteiger partial charge in [0.2, 0.25) is 0 Å². The second-order valence-corrected chi connectivity index (χ2v) is 3.31. The van der Waals surface area contributed by atoms with Crippen LogP contribution in [0.25, 0.3) is 0 Å². The fourth-order valence-electron chi connectivity index (χ4n) is 0.743. The van der Waals surface area contributed by atoms with E-state index in [4.69, 9.17) is 0 Å². The zero-order valence-electron chi connectivity index (χ0n) is 6.21. The Labute approximate surface area is 69.4 Å². The van der Waals surface area contributed by atoms with Crippen LogP contribution in [0.4, 0.5) is 0 Å². The van der Waals surface area contributed by atoms with E-state index in [1.165, 1.54) is 0 Å². The number of rotatable bonds is 2. The summed E-state index contributed by atoms with van der Waals surface area (Å²) in [6, 6.07) is 0.506. The highest BCUT2D eigenvalue weighted by Crippen LogP contribution is 2.13. The van der Waals surface area contributed by atoms with E-state index in [2.05, 4.69) is 34.9 Å². The molecule has 1 heterocycles. The van der Waals surface area contributed by atoms with Crippen molar-refractivity contribution in [2.75, 3.05) is 0 Å². The van der Waals surface area contributed by atoms with Crippen molar-refractivity contribution in [1.82, 2.24) is 9.78 Å². The van der Waals surface area contributed by atoms with Crippen LogP contribution >= 0.6 is 15.9 Å². The average Bonchev–Trinajstić information content (AvgIpc) is 2.34. The lowest BCUT2D eigenvalue weighted by Gasteiger charge is -2.07. The first-order valence-electron chi connectivity index (χ1n) is 3.43. The van der Waals surface area contributed by atoms with Crippen molar-refractivity contribution in [2.45, 2.75) is 26.3 Å². The fraction of sp³-hybridized carbons (Fsp3) is 0.571. The van der Waals surface area contributed by atoms with E-state index in [9.17, 15) is 0 Å². The molecule has 0 fully saturated rings. The minimum absolute atomic E-state index is 0.506. The smallest absolute Gasteiger partial charge is 0.0632 e. The van der Waals surface area contributed by atoms with Crippen LogP contribution in [0, 0.1) is 0 Å². The van der Waals surface area contributed by atoms with Gasteiger partial charge in [-0.1, -0.05) is 6.92 Å². The van der Waals surface area contributed by atoms with Crippen LogP contribution in [-0.4, -0.2) is 9.78 Å². The molecule has 0 aliphatic rings. The highest BCUT2D eigenvalue weighted by molar-refractivity contribution is 9.10. The molecule has 0 aliphatic carbocycles. The van der Waals surface area contributed by atoms with Crippen LogP contribution in [0.15, 0.2) is 16.9 Å². The molecule has 0 aromatic carbocycles. The van der Waals surface area contributed by atoms with Gasteiger partial charge in [-0.25, -0.2) is 0 Å². The summed E-state index contributed by atoms with van der Waals surface area (Å²) in [6.07, 6.45) is 4.93. The van der Waals surface area contributed by atoms with E-state index in [0.29, 0.717) is 6.04 Å². The summed E-state index contributed by atoms with van der Waals surface area (Å²) < 4.78 is 3.01. The van der Waals surface area contributed by atoms with Crippen molar-refractivity contribution in [3.63, 3.8) is 0 Å². The molecule has 0 saturated carbocycles. The highest BCUT2D eigenvalue weighted by atomic mass is 79.9. The summed E-state index contributed by atoms with van der Waals surface area (Å²) in [4.78, 5) is 0. The molecule has 0 saturated heterocycles. The molecule has 56 valence electrons. The molecule has 1 atom stereocenters. The first kappa shape index (κ1) is 7.79. The van der Waals surface area contributed by atoms with Crippen molar-refractivity contribution in [3.05, 3.63) is 16.9 Å². The second kappa shape index (κ2) is 3.19. The van der Waals surface area contributed by atoms with E-state index in [-0.39, 0.29) is 0 Å². The first-order valence-corrected chi connectivity index (χ1v) is 4.23. The van der Waals surface area contributed by atoms with Crippen molar-refractivity contribution >= 4 is 15.9 Å². The van der Waals surface area contributed by atoms with Gasteiger partial charge in [-0.05, 0) is 29.3 Å². The first-order chi connectivity index (χ1) is 4.74. The molecule has 0 aliphatic heterocycles. The Morgan fingerprint density at radius 1 is 1.80 bits per heavy atom. The van der Waals surface area contributed by atoms with Gasteiger partial charge in [-0.15, -0.1) is 0 Å². The maximum atomic E-state index is 4.16. The molecule has 0 unspecified atom stereocenters. The SMILES string of the molecule is CC[C@H](C)n1cc(Br)cn1. The minimum atomic E-state index is 0.506. The molecule has 2 nitrogen and oxygen atoms in total. The number of aromatic nitrogens is 2. The van der Waals surface area contributed by atoms with Gasteiger partial charge < -0.3 is 0 Å². The van der Waals surface area contributed by atoms with Crippen molar-refractivity contribution in [1.29, 1.82) is 0 Å². The van der Waals surface area contributed by atoms with Gasteiger partial charge in [0.05, 0.1) is 10.7 Å². The van der Waals surface area contributed by atoms with Crippen molar-refractivity contribution in [2.24, 2.45) is 0 Å². The Morgan fingerprint density at radius 3 is 2.90 bits per heavy atom. The van der Waals surface area contributed by atoms with E-state index in [1.54, 1.807) is 0 Å². The van der Waals surface area contributed by atoms with Gasteiger partial charge in [0.15, 0.2) is 0 Å². The fourth-order valence-corrected chi connectivity index (χ4v) is 1.04. The Hall–Kier alpha value is -0.310. The lowest BCUT2D eigenvalue weighted by atomic mass is 10.3. The molecule has 1 rings (SSSR count). The molecule has 1 aromatic rings. The summed E-state index contributed by atoms with van der Waals surface area (Å²) >= 11 is 3.35. The lowest BCUT2D eigenvalue weighted by Crippen LogP contribution is -2.03. The maximum absolute atomic E-state index is 4.16. The summed E-state index contributed by atoms with van der Waals surface area (Å²) in [5, 5.41) is 4.16. The number of hydrogen-bond acceptors (Lipinski definition) is 1. The normalized spacial score (nSPS) is 13.5. The largest absolute Gasteiger partial charge is 0.269 e. The molecular formula is C7H11BrN2. The Bertz CT molecular complexity index is 207. The van der Waals surface area contributed by atoms with E-state index < -0.39 is 0 Å².